The molecule has 0 spiro atoms. The Morgan fingerprint density at radius 1 is 1.32 bits per heavy atom. The Bertz CT molecular complexity index is 448. The van der Waals surface area contributed by atoms with Gasteiger partial charge in [0.05, 0.1) is 16.9 Å². The maximum atomic E-state index is 12.4. The molecule has 104 valence electrons. The average molecular weight is 280 g/mol. The van der Waals surface area contributed by atoms with Gasteiger partial charge in [-0.15, -0.1) is 0 Å². The van der Waals surface area contributed by atoms with E-state index in [0.29, 0.717) is 17.9 Å². The molecule has 0 aromatic heterocycles. The molecule has 4 heteroatoms. The second-order valence-electron chi connectivity index (χ2n) is 5.40. The van der Waals surface area contributed by atoms with Crippen LogP contribution in [0, 0.1) is 11.8 Å². The van der Waals surface area contributed by atoms with Gasteiger partial charge < -0.3 is 9.47 Å². The Morgan fingerprint density at radius 3 is 2.84 bits per heavy atom. The molecule has 5 atom stereocenters. The topological polar surface area (TPSA) is 35.5 Å². The van der Waals surface area contributed by atoms with E-state index in [-0.39, 0.29) is 6.29 Å². The van der Waals surface area contributed by atoms with Crippen LogP contribution in [0.1, 0.15) is 19.3 Å². The van der Waals surface area contributed by atoms with Crippen LogP contribution >= 0.6 is 0 Å². The first-order chi connectivity index (χ1) is 9.28. The van der Waals surface area contributed by atoms with E-state index in [9.17, 15) is 4.21 Å². The van der Waals surface area contributed by atoms with E-state index >= 15 is 0 Å². The van der Waals surface area contributed by atoms with Gasteiger partial charge in [0, 0.05) is 24.2 Å². The van der Waals surface area contributed by atoms with Gasteiger partial charge in [0.2, 0.25) is 0 Å². The van der Waals surface area contributed by atoms with Crippen LogP contribution in [-0.2, 0) is 20.3 Å². The van der Waals surface area contributed by atoms with Gasteiger partial charge >= 0.3 is 0 Å². The summed E-state index contributed by atoms with van der Waals surface area (Å²) in [5, 5.41) is 0. The minimum Gasteiger partial charge on any atom is -0.356 e. The van der Waals surface area contributed by atoms with Gasteiger partial charge in [0.1, 0.15) is 0 Å². The van der Waals surface area contributed by atoms with E-state index in [1.54, 1.807) is 7.11 Å². The first-order valence-electron chi connectivity index (χ1n) is 6.89. The minimum atomic E-state index is -0.892. The lowest BCUT2D eigenvalue weighted by Crippen LogP contribution is -2.19. The Kier molecular flexibility index (Phi) is 4.01. The van der Waals surface area contributed by atoms with Crippen LogP contribution in [0.3, 0.4) is 0 Å². The maximum absolute atomic E-state index is 12.4. The van der Waals surface area contributed by atoms with Crippen LogP contribution in [0.4, 0.5) is 0 Å². The third kappa shape index (κ3) is 2.76. The van der Waals surface area contributed by atoms with Crippen LogP contribution in [-0.4, -0.2) is 29.5 Å². The highest BCUT2D eigenvalue weighted by molar-refractivity contribution is 7.85. The molecule has 1 saturated heterocycles. The van der Waals surface area contributed by atoms with Crippen LogP contribution in [0.25, 0.3) is 0 Å². The second kappa shape index (κ2) is 5.73. The zero-order chi connectivity index (χ0) is 13.2. The van der Waals surface area contributed by atoms with Crippen LogP contribution in [0.2, 0.25) is 0 Å². The van der Waals surface area contributed by atoms with Crippen molar-refractivity contribution in [3.05, 3.63) is 30.3 Å². The number of benzene rings is 1. The fraction of sp³-hybridized carbons (Fsp3) is 0.600. The standard InChI is InChI=1S/C15H20O3S/c1-17-15-9-13-11(7-8-14(13)18-15)10-19(16)12-5-3-2-4-6-12/h2-6,11,13-15H,7-10H2,1H3/t11?,13-,14+,15?,19?/m0/s1. The third-order valence-electron chi connectivity index (χ3n) is 4.33. The average Bonchev–Trinajstić information content (AvgIpc) is 3.01. The van der Waals surface area contributed by atoms with Gasteiger partial charge in [-0.3, -0.25) is 4.21 Å². The van der Waals surface area contributed by atoms with E-state index < -0.39 is 10.8 Å². The summed E-state index contributed by atoms with van der Waals surface area (Å²) in [5.74, 6) is 1.79. The Labute approximate surface area is 116 Å². The van der Waals surface area contributed by atoms with Crippen molar-refractivity contribution >= 4 is 10.8 Å². The normalized spacial score (nSPS) is 35.2. The first-order valence-corrected chi connectivity index (χ1v) is 8.21. The fourth-order valence-corrected chi connectivity index (χ4v) is 4.77. The number of hydrogen-bond donors (Lipinski definition) is 0. The Balaban J connectivity index is 1.63. The van der Waals surface area contributed by atoms with Crippen molar-refractivity contribution in [1.29, 1.82) is 0 Å². The van der Waals surface area contributed by atoms with Gasteiger partial charge in [-0.05, 0) is 36.8 Å². The zero-order valence-corrected chi connectivity index (χ0v) is 12.0. The second-order valence-corrected chi connectivity index (χ2v) is 6.90. The molecule has 1 aliphatic heterocycles. The van der Waals surface area contributed by atoms with Crippen LogP contribution < -0.4 is 0 Å². The third-order valence-corrected chi connectivity index (χ3v) is 5.86. The summed E-state index contributed by atoms with van der Waals surface area (Å²) in [7, 11) is 0.805. The van der Waals surface area contributed by atoms with Crippen molar-refractivity contribution in [2.24, 2.45) is 11.8 Å². The van der Waals surface area contributed by atoms with Crippen molar-refractivity contribution in [2.75, 3.05) is 12.9 Å². The van der Waals surface area contributed by atoms with Gasteiger partial charge in [-0.1, -0.05) is 18.2 Å². The van der Waals surface area contributed by atoms with Crippen molar-refractivity contribution in [2.45, 2.75) is 36.6 Å². The maximum Gasteiger partial charge on any atom is 0.157 e. The molecule has 1 heterocycles. The lowest BCUT2D eigenvalue weighted by Gasteiger charge is -2.16. The van der Waals surface area contributed by atoms with E-state index in [4.69, 9.17) is 9.47 Å². The van der Waals surface area contributed by atoms with E-state index in [1.165, 1.54) is 0 Å². The molecule has 3 rings (SSSR count). The smallest absolute Gasteiger partial charge is 0.157 e. The van der Waals surface area contributed by atoms with E-state index in [1.807, 2.05) is 30.3 Å². The number of methoxy groups -OCH3 is 1. The monoisotopic (exact) mass is 280 g/mol. The van der Waals surface area contributed by atoms with Gasteiger partial charge in [0.25, 0.3) is 0 Å². The van der Waals surface area contributed by atoms with Crippen LogP contribution in [0.15, 0.2) is 35.2 Å². The number of hydrogen-bond acceptors (Lipinski definition) is 3. The Hall–Kier alpha value is -0.710. The largest absolute Gasteiger partial charge is 0.356 e. The van der Waals surface area contributed by atoms with Crippen LogP contribution in [0.5, 0.6) is 0 Å². The van der Waals surface area contributed by atoms with Crippen molar-refractivity contribution in [1.82, 2.24) is 0 Å². The fourth-order valence-electron chi connectivity index (χ4n) is 3.32. The highest BCUT2D eigenvalue weighted by Crippen LogP contribution is 2.43. The predicted octanol–water partition coefficient (Wildman–Crippen LogP) is 2.58. The molecule has 0 amide bonds. The molecule has 3 nitrogen and oxygen atoms in total. The molecule has 3 unspecified atom stereocenters. The molecule has 2 fully saturated rings. The number of fused-ring (bicyclic) bond motifs is 1. The molecule has 2 aliphatic rings. The highest BCUT2D eigenvalue weighted by Gasteiger charge is 2.44. The summed E-state index contributed by atoms with van der Waals surface area (Å²) in [6.45, 7) is 0. The lowest BCUT2D eigenvalue weighted by atomic mass is 9.95. The molecule has 0 radical (unpaired) electrons. The molecule has 1 aliphatic carbocycles. The number of rotatable bonds is 4. The summed E-state index contributed by atoms with van der Waals surface area (Å²) < 4.78 is 23.5. The summed E-state index contributed by atoms with van der Waals surface area (Å²) in [6, 6.07) is 9.76. The molecular formula is C15H20O3S. The highest BCUT2D eigenvalue weighted by atomic mass is 32.2. The molecule has 1 saturated carbocycles. The summed E-state index contributed by atoms with van der Waals surface area (Å²) in [6.07, 6.45) is 3.44. The van der Waals surface area contributed by atoms with Gasteiger partial charge in [-0.25, -0.2) is 0 Å². The first kappa shape index (κ1) is 13.3. The molecule has 1 aromatic carbocycles. The van der Waals surface area contributed by atoms with Gasteiger partial charge in [-0.2, -0.15) is 0 Å². The molecular weight excluding hydrogens is 260 g/mol. The minimum absolute atomic E-state index is 0.0528. The Morgan fingerprint density at radius 2 is 2.11 bits per heavy atom. The molecule has 1 aromatic rings. The molecule has 0 bridgehead atoms. The zero-order valence-electron chi connectivity index (χ0n) is 11.2. The molecule has 19 heavy (non-hydrogen) atoms. The quantitative estimate of drug-likeness (QED) is 0.850. The molecule has 0 N–H and O–H groups in total. The van der Waals surface area contributed by atoms with Gasteiger partial charge in [0.15, 0.2) is 6.29 Å². The predicted molar refractivity (Wildman–Crippen MR) is 74.2 cm³/mol. The van der Waals surface area contributed by atoms with Crippen molar-refractivity contribution < 1.29 is 13.7 Å². The lowest BCUT2D eigenvalue weighted by molar-refractivity contribution is -0.114. The van der Waals surface area contributed by atoms with Crippen molar-refractivity contribution in [3.63, 3.8) is 0 Å². The van der Waals surface area contributed by atoms with E-state index in [0.717, 1.165) is 29.9 Å². The van der Waals surface area contributed by atoms with Crippen molar-refractivity contribution in [3.8, 4) is 0 Å². The summed E-state index contributed by atoms with van der Waals surface area (Å²) in [5.41, 5.74) is 0. The summed E-state index contributed by atoms with van der Waals surface area (Å²) in [4.78, 5) is 0.938. The summed E-state index contributed by atoms with van der Waals surface area (Å²) >= 11 is 0. The SMILES string of the molecule is COC1C[C@H]2C(CS(=O)c3ccccc3)CC[C@H]2O1. The number of ether oxygens (including phenoxy) is 2. The van der Waals surface area contributed by atoms with E-state index in [2.05, 4.69) is 0 Å².